The summed E-state index contributed by atoms with van der Waals surface area (Å²) in [5.41, 5.74) is 3.55. The van der Waals surface area contributed by atoms with E-state index < -0.39 is 0 Å². The molecule has 3 saturated heterocycles. The van der Waals surface area contributed by atoms with Gasteiger partial charge in [-0.3, -0.25) is 10.3 Å². The number of fused-ring (bicyclic) bond motifs is 5. The lowest BCUT2D eigenvalue weighted by molar-refractivity contribution is 0.0380. The van der Waals surface area contributed by atoms with Crippen molar-refractivity contribution in [1.29, 1.82) is 0 Å². The molecule has 0 aliphatic carbocycles. The predicted octanol–water partition coefficient (Wildman–Crippen LogP) is 2.75. The molecular formula is C20H23N3O. The summed E-state index contributed by atoms with van der Waals surface area (Å²) >= 11 is 0. The van der Waals surface area contributed by atoms with E-state index in [9.17, 15) is 0 Å². The summed E-state index contributed by atoms with van der Waals surface area (Å²) in [7, 11) is 0. The average molecular weight is 321 g/mol. The molecule has 2 unspecified atom stereocenters. The van der Waals surface area contributed by atoms with E-state index in [-0.39, 0.29) is 6.23 Å². The lowest BCUT2D eigenvalue weighted by atomic mass is 9.84. The number of aromatic nitrogens is 1. The quantitative estimate of drug-likeness (QED) is 0.923. The number of hydrogen-bond acceptors (Lipinski definition) is 4. The normalized spacial score (nSPS) is 30.8. The Morgan fingerprint density at radius 2 is 1.88 bits per heavy atom. The molecule has 4 aliphatic heterocycles. The molecule has 2 bridgehead atoms. The molecule has 1 aromatic carbocycles. The summed E-state index contributed by atoms with van der Waals surface area (Å²) in [4.78, 5) is 7.24. The minimum absolute atomic E-state index is 0.157. The first-order chi connectivity index (χ1) is 11.9. The summed E-state index contributed by atoms with van der Waals surface area (Å²) in [6.45, 7) is 3.65. The topological polar surface area (TPSA) is 37.4 Å². The maximum atomic E-state index is 6.40. The highest BCUT2D eigenvalue weighted by molar-refractivity contribution is 5.41. The smallest absolute Gasteiger partial charge is 0.194 e. The van der Waals surface area contributed by atoms with Crippen LogP contribution in [0.1, 0.15) is 35.9 Å². The molecular weight excluding hydrogens is 298 g/mol. The third-order valence-corrected chi connectivity index (χ3v) is 5.79. The number of ether oxygens (including phenoxy) is 1. The van der Waals surface area contributed by atoms with Crippen LogP contribution in [0.3, 0.4) is 0 Å². The molecule has 6 rings (SSSR count). The van der Waals surface area contributed by atoms with Crippen molar-refractivity contribution in [3.05, 3.63) is 59.4 Å². The molecule has 24 heavy (non-hydrogen) atoms. The summed E-state index contributed by atoms with van der Waals surface area (Å²) in [5.74, 6) is 1.75. The predicted molar refractivity (Wildman–Crippen MR) is 92.9 cm³/mol. The molecule has 4 aliphatic rings. The largest absolute Gasteiger partial charge is 0.469 e. The monoisotopic (exact) mass is 321 g/mol. The van der Waals surface area contributed by atoms with Crippen molar-refractivity contribution < 1.29 is 4.74 Å². The Balaban J connectivity index is 1.48. The molecule has 5 heterocycles. The van der Waals surface area contributed by atoms with Gasteiger partial charge in [0.2, 0.25) is 0 Å². The van der Waals surface area contributed by atoms with Gasteiger partial charge in [-0.05, 0) is 55.1 Å². The molecule has 2 aromatic rings. The molecule has 124 valence electrons. The number of para-hydroxylation sites is 1. The highest BCUT2D eigenvalue weighted by atomic mass is 16.5. The minimum atomic E-state index is -0.157. The van der Waals surface area contributed by atoms with E-state index in [4.69, 9.17) is 4.74 Å². The van der Waals surface area contributed by atoms with Gasteiger partial charge in [0.1, 0.15) is 5.75 Å². The Bertz CT molecular complexity index is 739. The molecule has 4 nitrogen and oxygen atoms in total. The molecule has 0 spiro atoms. The van der Waals surface area contributed by atoms with Gasteiger partial charge in [0.25, 0.3) is 0 Å². The number of nitrogens with zero attached hydrogens (tertiary/aromatic N) is 2. The summed E-state index contributed by atoms with van der Waals surface area (Å²) in [5, 5.41) is 3.80. The van der Waals surface area contributed by atoms with Crippen LogP contribution in [0.15, 0.2) is 42.6 Å². The van der Waals surface area contributed by atoms with Crippen LogP contribution in [0.4, 0.5) is 0 Å². The second-order valence-corrected chi connectivity index (χ2v) is 7.24. The number of hydrogen-bond donors (Lipinski definition) is 1. The van der Waals surface area contributed by atoms with Crippen LogP contribution in [-0.2, 0) is 6.42 Å². The average Bonchev–Trinajstić information content (AvgIpc) is 2.79. The SMILES string of the molecule is c1ccc2c(c1)Cc1cccnc1C(NC1CN3CCC1CC3)O2. The fraction of sp³-hybridized carbons (Fsp3) is 0.450. The van der Waals surface area contributed by atoms with E-state index in [0.29, 0.717) is 6.04 Å². The molecule has 0 radical (unpaired) electrons. The fourth-order valence-corrected chi connectivity index (χ4v) is 4.45. The van der Waals surface area contributed by atoms with Gasteiger partial charge in [-0.25, -0.2) is 0 Å². The van der Waals surface area contributed by atoms with Gasteiger partial charge in [0.05, 0.1) is 5.69 Å². The van der Waals surface area contributed by atoms with Crippen LogP contribution in [-0.4, -0.2) is 35.6 Å². The molecule has 1 N–H and O–H groups in total. The molecule has 0 saturated carbocycles. The number of nitrogens with one attached hydrogen (secondary N) is 1. The zero-order chi connectivity index (χ0) is 15.9. The standard InChI is InChI=1S/C20H23N3O/c1-2-6-18-15(4-1)12-16-5-3-9-21-19(16)20(24-18)22-17-13-23-10-7-14(17)8-11-23/h1-6,9,14,17,20,22H,7-8,10-13H2. The van der Waals surface area contributed by atoms with Gasteiger partial charge in [-0.15, -0.1) is 0 Å². The highest BCUT2D eigenvalue weighted by Gasteiger charge is 2.36. The van der Waals surface area contributed by atoms with Crippen molar-refractivity contribution in [3.8, 4) is 5.75 Å². The van der Waals surface area contributed by atoms with Gasteiger partial charge >= 0.3 is 0 Å². The van der Waals surface area contributed by atoms with E-state index in [2.05, 4.69) is 39.5 Å². The maximum Gasteiger partial charge on any atom is 0.194 e. The van der Waals surface area contributed by atoms with Crippen molar-refractivity contribution in [3.63, 3.8) is 0 Å². The summed E-state index contributed by atoms with van der Waals surface area (Å²) in [6.07, 6.45) is 5.21. The third-order valence-electron chi connectivity index (χ3n) is 5.79. The number of rotatable bonds is 2. The van der Waals surface area contributed by atoms with E-state index >= 15 is 0 Å². The highest BCUT2D eigenvalue weighted by Crippen LogP contribution is 2.34. The first-order valence-electron chi connectivity index (χ1n) is 9.03. The number of benzene rings is 1. The van der Waals surface area contributed by atoms with Crippen molar-refractivity contribution in [1.82, 2.24) is 15.2 Å². The summed E-state index contributed by atoms with van der Waals surface area (Å²) < 4.78 is 6.40. The Hall–Kier alpha value is -1.91. The third kappa shape index (κ3) is 2.50. The maximum absolute atomic E-state index is 6.40. The van der Waals surface area contributed by atoms with Gasteiger partial charge < -0.3 is 9.64 Å². The van der Waals surface area contributed by atoms with Crippen molar-refractivity contribution in [2.45, 2.75) is 31.5 Å². The molecule has 0 amide bonds. The second kappa shape index (κ2) is 5.87. The van der Waals surface area contributed by atoms with Gasteiger partial charge in [0.15, 0.2) is 6.23 Å². The molecule has 3 fully saturated rings. The Kier molecular flexibility index (Phi) is 3.53. The number of piperidine rings is 3. The van der Waals surface area contributed by atoms with E-state index in [1.165, 1.54) is 37.1 Å². The van der Waals surface area contributed by atoms with Crippen LogP contribution in [0.5, 0.6) is 5.75 Å². The first kappa shape index (κ1) is 14.4. The van der Waals surface area contributed by atoms with E-state index in [1.807, 2.05) is 18.3 Å². The van der Waals surface area contributed by atoms with Gasteiger partial charge in [-0.2, -0.15) is 0 Å². The molecule has 2 atom stereocenters. The second-order valence-electron chi connectivity index (χ2n) is 7.24. The Labute approximate surface area is 142 Å². The first-order valence-corrected chi connectivity index (χ1v) is 9.03. The Morgan fingerprint density at radius 3 is 2.71 bits per heavy atom. The zero-order valence-corrected chi connectivity index (χ0v) is 13.8. The van der Waals surface area contributed by atoms with Gasteiger partial charge in [-0.1, -0.05) is 24.3 Å². The van der Waals surface area contributed by atoms with Crippen LogP contribution >= 0.6 is 0 Å². The van der Waals surface area contributed by atoms with E-state index in [0.717, 1.165) is 30.3 Å². The van der Waals surface area contributed by atoms with E-state index in [1.54, 1.807) is 0 Å². The lowest BCUT2D eigenvalue weighted by Crippen LogP contribution is -2.57. The van der Waals surface area contributed by atoms with Gasteiger partial charge in [0, 0.05) is 25.2 Å². The molecule has 1 aromatic heterocycles. The van der Waals surface area contributed by atoms with Crippen LogP contribution in [0, 0.1) is 5.92 Å². The van der Waals surface area contributed by atoms with Crippen LogP contribution < -0.4 is 10.1 Å². The zero-order valence-electron chi connectivity index (χ0n) is 13.8. The fourth-order valence-electron chi connectivity index (χ4n) is 4.45. The number of pyridine rings is 1. The van der Waals surface area contributed by atoms with Crippen LogP contribution in [0.25, 0.3) is 0 Å². The van der Waals surface area contributed by atoms with Crippen molar-refractivity contribution >= 4 is 0 Å². The Morgan fingerprint density at radius 1 is 1.04 bits per heavy atom. The lowest BCUT2D eigenvalue weighted by Gasteiger charge is -2.46. The van der Waals surface area contributed by atoms with Crippen LogP contribution in [0.2, 0.25) is 0 Å². The van der Waals surface area contributed by atoms with Crippen molar-refractivity contribution in [2.75, 3.05) is 19.6 Å². The summed E-state index contributed by atoms with van der Waals surface area (Å²) in [6, 6.07) is 13.1. The van der Waals surface area contributed by atoms with Crippen molar-refractivity contribution in [2.24, 2.45) is 5.92 Å². The molecule has 4 heteroatoms. The minimum Gasteiger partial charge on any atom is -0.469 e.